The second kappa shape index (κ2) is 7.51. The topological polar surface area (TPSA) is 97.7 Å². The van der Waals surface area contributed by atoms with Crippen molar-refractivity contribution in [3.05, 3.63) is 48.3 Å². The van der Waals surface area contributed by atoms with Crippen molar-refractivity contribution < 1.29 is 18.3 Å². The summed E-state index contributed by atoms with van der Waals surface area (Å²) in [6, 6.07) is 7.78. The lowest BCUT2D eigenvalue weighted by molar-refractivity contribution is -0.122. The molecule has 0 bridgehead atoms. The lowest BCUT2D eigenvalue weighted by Gasteiger charge is -2.07. The molecule has 1 aromatic carbocycles. The van der Waals surface area contributed by atoms with E-state index in [0.717, 1.165) is 5.56 Å². The Morgan fingerprint density at radius 3 is 2.76 bits per heavy atom. The van der Waals surface area contributed by atoms with Crippen LogP contribution in [0.2, 0.25) is 0 Å². The highest BCUT2D eigenvalue weighted by Gasteiger charge is 2.09. The number of carbonyl (C=O) groups is 1. The van der Waals surface area contributed by atoms with Gasteiger partial charge in [-0.25, -0.2) is 4.68 Å². The zero-order chi connectivity index (χ0) is 17.6. The molecule has 10 heteroatoms. The highest BCUT2D eigenvalue weighted by Crippen LogP contribution is 2.15. The Bertz CT molecular complexity index is 817. The van der Waals surface area contributed by atoms with Crippen LogP contribution in [0.5, 0.6) is 5.75 Å². The minimum atomic E-state index is -2.86. The fourth-order valence-electron chi connectivity index (χ4n) is 2.09. The van der Waals surface area contributed by atoms with Gasteiger partial charge in [-0.3, -0.25) is 9.89 Å². The molecule has 1 amide bonds. The molecule has 25 heavy (non-hydrogen) atoms. The van der Waals surface area contributed by atoms with Crippen LogP contribution in [0.3, 0.4) is 0 Å². The Hall–Kier alpha value is -3.30. The number of rotatable bonds is 7. The second-order valence-electron chi connectivity index (χ2n) is 5.07. The summed E-state index contributed by atoms with van der Waals surface area (Å²) >= 11 is 0. The van der Waals surface area contributed by atoms with E-state index in [-0.39, 0.29) is 24.7 Å². The van der Waals surface area contributed by atoms with Gasteiger partial charge in [-0.05, 0) is 23.8 Å². The van der Waals surface area contributed by atoms with Crippen LogP contribution >= 0.6 is 0 Å². The molecule has 0 aliphatic carbocycles. The Balaban J connectivity index is 1.49. The summed E-state index contributed by atoms with van der Waals surface area (Å²) in [5, 5.41) is 17.1. The van der Waals surface area contributed by atoms with E-state index in [1.165, 1.54) is 16.8 Å². The third kappa shape index (κ3) is 4.59. The van der Waals surface area contributed by atoms with Gasteiger partial charge in [0, 0.05) is 12.7 Å². The van der Waals surface area contributed by atoms with Crippen LogP contribution in [0.25, 0.3) is 11.4 Å². The smallest absolute Gasteiger partial charge is 0.387 e. The molecule has 0 radical (unpaired) electrons. The Morgan fingerprint density at radius 1 is 1.28 bits per heavy atom. The summed E-state index contributed by atoms with van der Waals surface area (Å²) in [4.78, 5) is 12.0. The van der Waals surface area contributed by atoms with Crippen molar-refractivity contribution in [3.63, 3.8) is 0 Å². The molecular formula is C15H14F2N6O2. The Kier molecular flexibility index (Phi) is 4.97. The van der Waals surface area contributed by atoms with Crippen LogP contribution in [0.1, 0.15) is 5.56 Å². The molecule has 2 N–H and O–H groups in total. The number of nitrogens with one attached hydrogen (secondary N) is 2. The largest absolute Gasteiger partial charge is 0.435 e. The molecule has 0 saturated heterocycles. The lowest BCUT2D eigenvalue weighted by atomic mass is 10.2. The van der Waals surface area contributed by atoms with Crippen molar-refractivity contribution in [1.82, 2.24) is 30.5 Å². The Labute approximate surface area is 140 Å². The second-order valence-corrected chi connectivity index (χ2v) is 5.07. The maximum absolute atomic E-state index is 12.1. The van der Waals surface area contributed by atoms with Gasteiger partial charge in [-0.15, -0.1) is 5.10 Å². The molecule has 3 aromatic rings. The van der Waals surface area contributed by atoms with Crippen LogP contribution in [0.4, 0.5) is 8.78 Å². The fraction of sp³-hybridized carbons (Fsp3) is 0.200. The molecule has 2 heterocycles. The molecule has 0 aliphatic rings. The minimum Gasteiger partial charge on any atom is -0.435 e. The minimum absolute atomic E-state index is 0.00765. The Morgan fingerprint density at radius 2 is 2.08 bits per heavy atom. The summed E-state index contributed by atoms with van der Waals surface area (Å²) < 4.78 is 29.8. The van der Waals surface area contributed by atoms with Crippen LogP contribution in [-0.4, -0.2) is 37.7 Å². The van der Waals surface area contributed by atoms with Gasteiger partial charge >= 0.3 is 6.61 Å². The van der Waals surface area contributed by atoms with Crippen molar-refractivity contribution in [2.45, 2.75) is 19.7 Å². The number of alkyl halides is 2. The number of aromatic nitrogens is 5. The van der Waals surface area contributed by atoms with E-state index >= 15 is 0 Å². The van der Waals surface area contributed by atoms with Gasteiger partial charge in [-0.1, -0.05) is 17.3 Å². The quantitative estimate of drug-likeness (QED) is 0.676. The highest BCUT2D eigenvalue weighted by molar-refractivity contribution is 5.75. The van der Waals surface area contributed by atoms with Gasteiger partial charge in [0.15, 0.2) is 0 Å². The van der Waals surface area contributed by atoms with Crippen LogP contribution in [0.15, 0.2) is 42.7 Å². The number of nitrogens with zero attached hydrogens (tertiary/aromatic N) is 4. The van der Waals surface area contributed by atoms with E-state index in [2.05, 4.69) is 30.6 Å². The van der Waals surface area contributed by atoms with E-state index < -0.39 is 6.61 Å². The molecule has 8 nitrogen and oxygen atoms in total. The molecular weight excluding hydrogens is 334 g/mol. The highest BCUT2D eigenvalue weighted by atomic mass is 19.3. The number of hydrogen-bond acceptors (Lipinski definition) is 5. The van der Waals surface area contributed by atoms with Gasteiger partial charge in [0.2, 0.25) is 5.91 Å². The van der Waals surface area contributed by atoms with Crippen molar-refractivity contribution in [1.29, 1.82) is 0 Å². The van der Waals surface area contributed by atoms with E-state index in [9.17, 15) is 13.6 Å². The molecule has 0 spiro atoms. The van der Waals surface area contributed by atoms with Gasteiger partial charge in [0.05, 0.1) is 11.9 Å². The number of H-pyrrole nitrogens is 1. The van der Waals surface area contributed by atoms with Gasteiger partial charge in [0.1, 0.15) is 18.0 Å². The SMILES string of the molecule is O=C(Cn1cc(-c2ccn[nH]2)nn1)NCc1ccc(OC(F)F)cc1. The average Bonchev–Trinajstić information content (AvgIpc) is 3.25. The summed E-state index contributed by atoms with van der Waals surface area (Å²) in [5.74, 6) is -0.187. The third-order valence-corrected chi connectivity index (χ3v) is 3.26. The van der Waals surface area contributed by atoms with Crippen molar-refractivity contribution in [2.24, 2.45) is 0 Å². The standard InChI is InChI=1S/C15H14F2N6O2/c16-15(17)25-11-3-1-10(2-4-11)7-18-14(24)9-23-8-13(21-22-23)12-5-6-19-20-12/h1-6,8,15H,7,9H2,(H,18,24)(H,19,20). The van der Waals surface area contributed by atoms with E-state index in [1.54, 1.807) is 30.6 Å². The van der Waals surface area contributed by atoms with E-state index in [1.807, 2.05) is 0 Å². The predicted octanol–water partition coefficient (Wildman–Crippen LogP) is 1.59. The van der Waals surface area contributed by atoms with Gasteiger partial charge < -0.3 is 10.1 Å². The number of halogens is 2. The normalized spacial score (nSPS) is 10.8. The van der Waals surface area contributed by atoms with Crippen LogP contribution in [0, 0.1) is 0 Å². The first-order valence-electron chi connectivity index (χ1n) is 7.30. The zero-order valence-corrected chi connectivity index (χ0v) is 12.9. The summed E-state index contributed by atoms with van der Waals surface area (Å²) in [6.07, 6.45) is 3.22. The monoisotopic (exact) mass is 348 g/mol. The number of benzene rings is 1. The predicted molar refractivity (Wildman–Crippen MR) is 82.5 cm³/mol. The summed E-state index contributed by atoms with van der Waals surface area (Å²) in [5.41, 5.74) is 2.05. The number of amides is 1. The summed E-state index contributed by atoms with van der Waals surface area (Å²) in [6.45, 7) is -2.59. The van der Waals surface area contributed by atoms with Gasteiger partial charge in [-0.2, -0.15) is 13.9 Å². The molecule has 0 unspecified atom stereocenters. The van der Waals surface area contributed by atoms with E-state index in [0.29, 0.717) is 11.4 Å². The molecule has 2 aromatic heterocycles. The van der Waals surface area contributed by atoms with Crippen LogP contribution in [-0.2, 0) is 17.9 Å². The molecule has 0 atom stereocenters. The first-order valence-corrected chi connectivity index (χ1v) is 7.30. The van der Waals surface area contributed by atoms with Gasteiger partial charge in [0.25, 0.3) is 0 Å². The molecule has 130 valence electrons. The van der Waals surface area contributed by atoms with Crippen molar-refractivity contribution >= 4 is 5.91 Å². The van der Waals surface area contributed by atoms with Crippen molar-refractivity contribution in [2.75, 3.05) is 0 Å². The van der Waals surface area contributed by atoms with Crippen LogP contribution < -0.4 is 10.1 Å². The summed E-state index contributed by atoms with van der Waals surface area (Å²) in [7, 11) is 0. The average molecular weight is 348 g/mol. The lowest BCUT2D eigenvalue weighted by Crippen LogP contribution is -2.27. The molecule has 3 rings (SSSR count). The maximum atomic E-state index is 12.1. The fourth-order valence-corrected chi connectivity index (χ4v) is 2.09. The first-order chi connectivity index (χ1) is 12.1. The van der Waals surface area contributed by atoms with E-state index in [4.69, 9.17) is 0 Å². The molecule has 0 saturated carbocycles. The number of carbonyl (C=O) groups excluding carboxylic acids is 1. The third-order valence-electron chi connectivity index (χ3n) is 3.26. The zero-order valence-electron chi connectivity index (χ0n) is 12.9. The number of aromatic amines is 1. The molecule has 0 aliphatic heterocycles. The first kappa shape index (κ1) is 16.6. The van der Waals surface area contributed by atoms with Crippen molar-refractivity contribution in [3.8, 4) is 17.1 Å². The maximum Gasteiger partial charge on any atom is 0.387 e. The number of ether oxygens (including phenoxy) is 1. The number of hydrogen-bond donors (Lipinski definition) is 2. The molecule has 0 fully saturated rings.